The zero-order chi connectivity index (χ0) is 15.2. The third kappa shape index (κ3) is 4.03. The number of nitrogens with one attached hydrogen (secondary N) is 1. The Hall–Kier alpha value is -1.44. The third-order valence-electron chi connectivity index (χ3n) is 3.87. The Kier molecular flexibility index (Phi) is 5.72. The van der Waals surface area contributed by atoms with Gasteiger partial charge in [-0.25, -0.2) is 0 Å². The maximum Gasteiger partial charge on any atom is 0.251 e. The molecule has 0 aromatic heterocycles. The number of carbonyl (C=O) groups is 1. The molecule has 1 aromatic rings. The quantitative estimate of drug-likeness (QED) is 0.843. The number of aryl methyl sites for hydroxylation is 1. The zero-order valence-corrected chi connectivity index (χ0v) is 13.3. The molecule has 0 aliphatic heterocycles. The van der Waals surface area contributed by atoms with Crippen LogP contribution in [-0.4, -0.2) is 35.2 Å². The van der Waals surface area contributed by atoms with Crippen molar-refractivity contribution in [1.29, 1.82) is 0 Å². The van der Waals surface area contributed by atoms with Crippen LogP contribution in [0.4, 0.5) is 0 Å². The molecule has 1 fully saturated rings. The molecule has 0 bridgehead atoms. The molecule has 1 aliphatic carbocycles. The fraction of sp³-hybridized carbons (Fsp3) is 0.471. The molecule has 1 saturated carbocycles. The van der Waals surface area contributed by atoms with E-state index >= 15 is 0 Å². The lowest BCUT2D eigenvalue weighted by molar-refractivity contribution is 0.0938. The molecular formula is C17H21NO2S. The maximum absolute atomic E-state index is 12.4. The Morgan fingerprint density at radius 1 is 1.48 bits per heavy atom. The normalized spacial score (nSPS) is 20.7. The summed E-state index contributed by atoms with van der Waals surface area (Å²) in [5.41, 5.74) is 2.44. The molecule has 2 N–H and O–H groups in total. The van der Waals surface area contributed by atoms with E-state index in [0.29, 0.717) is 10.8 Å². The molecule has 4 heteroatoms. The van der Waals surface area contributed by atoms with E-state index in [2.05, 4.69) is 23.4 Å². The van der Waals surface area contributed by atoms with Crippen molar-refractivity contribution >= 4 is 17.7 Å². The first-order chi connectivity index (χ1) is 10.2. The smallest absolute Gasteiger partial charge is 0.251 e. The standard InChI is InChI=1S/C17H21NO2S/c1-12-8-9-14(11-13(12)5-4-10-19)17(20)18-15-6-3-7-16(15)21-2/h8-9,11,15-16,19H,3,6-7,10H2,1-2H3,(H,18,20). The van der Waals surface area contributed by atoms with Crippen LogP contribution in [0, 0.1) is 18.8 Å². The molecule has 1 aromatic carbocycles. The molecule has 1 aliphatic rings. The van der Waals surface area contributed by atoms with Crippen molar-refractivity contribution < 1.29 is 9.90 Å². The first-order valence-corrected chi connectivity index (χ1v) is 8.48. The van der Waals surface area contributed by atoms with E-state index in [0.717, 1.165) is 17.5 Å². The number of aliphatic hydroxyl groups excluding tert-OH is 1. The summed E-state index contributed by atoms with van der Waals surface area (Å²) in [6.07, 6.45) is 5.51. The fourth-order valence-corrected chi connectivity index (χ4v) is 3.59. The molecule has 2 unspecified atom stereocenters. The predicted molar refractivity (Wildman–Crippen MR) is 87.6 cm³/mol. The van der Waals surface area contributed by atoms with E-state index in [9.17, 15) is 4.79 Å². The van der Waals surface area contributed by atoms with E-state index < -0.39 is 0 Å². The van der Waals surface area contributed by atoms with Gasteiger partial charge in [-0.15, -0.1) is 0 Å². The average Bonchev–Trinajstić information content (AvgIpc) is 2.93. The Morgan fingerprint density at radius 3 is 3.00 bits per heavy atom. The first-order valence-electron chi connectivity index (χ1n) is 7.19. The monoisotopic (exact) mass is 303 g/mol. The SMILES string of the molecule is CSC1CCCC1NC(=O)c1ccc(C)c(C#CCO)c1. The highest BCUT2D eigenvalue weighted by molar-refractivity contribution is 7.99. The zero-order valence-electron chi connectivity index (χ0n) is 12.5. The maximum atomic E-state index is 12.4. The lowest BCUT2D eigenvalue weighted by atomic mass is 10.0. The summed E-state index contributed by atoms with van der Waals surface area (Å²) in [7, 11) is 0. The Balaban J connectivity index is 2.12. The van der Waals surface area contributed by atoms with Crippen LogP contribution >= 0.6 is 11.8 Å². The minimum atomic E-state index is -0.173. The van der Waals surface area contributed by atoms with Crippen LogP contribution in [0.1, 0.15) is 40.7 Å². The summed E-state index contributed by atoms with van der Waals surface area (Å²) in [5, 5.41) is 12.5. The molecule has 21 heavy (non-hydrogen) atoms. The summed E-state index contributed by atoms with van der Waals surface area (Å²) in [6.45, 7) is 1.77. The average molecular weight is 303 g/mol. The summed E-state index contributed by atoms with van der Waals surface area (Å²) in [6, 6.07) is 5.80. The second-order valence-electron chi connectivity index (χ2n) is 5.27. The van der Waals surface area contributed by atoms with Crippen LogP contribution < -0.4 is 5.32 Å². The molecule has 3 nitrogen and oxygen atoms in total. The van der Waals surface area contributed by atoms with E-state index in [-0.39, 0.29) is 18.6 Å². The Bertz CT molecular complexity index is 574. The van der Waals surface area contributed by atoms with Gasteiger partial charge in [-0.05, 0) is 43.7 Å². The summed E-state index contributed by atoms with van der Waals surface area (Å²) in [5.74, 6) is 5.48. The van der Waals surface area contributed by atoms with Gasteiger partial charge in [0.05, 0.1) is 0 Å². The van der Waals surface area contributed by atoms with Gasteiger partial charge in [-0.2, -0.15) is 11.8 Å². The van der Waals surface area contributed by atoms with Crippen molar-refractivity contribution in [2.24, 2.45) is 0 Å². The molecule has 112 valence electrons. The number of amides is 1. The van der Waals surface area contributed by atoms with Crippen LogP contribution in [0.3, 0.4) is 0 Å². The highest BCUT2D eigenvalue weighted by atomic mass is 32.2. The van der Waals surface area contributed by atoms with Crippen molar-refractivity contribution in [1.82, 2.24) is 5.32 Å². The number of hydrogen-bond donors (Lipinski definition) is 2. The molecule has 0 spiro atoms. The number of thioether (sulfide) groups is 1. The molecule has 2 atom stereocenters. The highest BCUT2D eigenvalue weighted by Crippen LogP contribution is 2.28. The molecule has 2 rings (SSSR count). The number of carbonyl (C=O) groups excluding carboxylic acids is 1. The van der Waals surface area contributed by atoms with Gasteiger partial charge in [0.15, 0.2) is 0 Å². The Morgan fingerprint density at radius 2 is 2.29 bits per heavy atom. The Labute approximate surface area is 130 Å². The van der Waals surface area contributed by atoms with Crippen LogP contribution in [0.5, 0.6) is 0 Å². The van der Waals surface area contributed by atoms with Crippen LogP contribution in [0.25, 0.3) is 0 Å². The van der Waals surface area contributed by atoms with Gasteiger partial charge in [-0.1, -0.05) is 24.3 Å². The van der Waals surface area contributed by atoms with E-state index in [1.54, 1.807) is 6.07 Å². The topological polar surface area (TPSA) is 49.3 Å². The molecule has 0 radical (unpaired) electrons. The van der Waals surface area contributed by atoms with Crippen LogP contribution in [0.2, 0.25) is 0 Å². The number of benzene rings is 1. The predicted octanol–water partition coefficient (Wildman–Crippen LogP) is 2.35. The minimum absolute atomic E-state index is 0.0343. The lowest BCUT2D eigenvalue weighted by Crippen LogP contribution is -2.38. The second kappa shape index (κ2) is 7.53. The summed E-state index contributed by atoms with van der Waals surface area (Å²) < 4.78 is 0. The third-order valence-corrected chi connectivity index (χ3v) is 5.04. The van der Waals surface area contributed by atoms with E-state index in [1.165, 1.54) is 12.8 Å². The van der Waals surface area contributed by atoms with Crippen molar-refractivity contribution in [2.45, 2.75) is 37.5 Å². The molecular weight excluding hydrogens is 282 g/mol. The summed E-state index contributed by atoms with van der Waals surface area (Å²) >= 11 is 1.83. The van der Waals surface area contributed by atoms with Gasteiger partial charge >= 0.3 is 0 Å². The number of aliphatic hydroxyl groups is 1. The van der Waals surface area contributed by atoms with E-state index in [4.69, 9.17) is 5.11 Å². The van der Waals surface area contributed by atoms with Gasteiger partial charge < -0.3 is 10.4 Å². The highest BCUT2D eigenvalue weighted by Gasteiger charge is 2.28. The molecule has 1 amide bonds. The van der Waals surface area contributed by atoms with Crippen molar-refractivity contribution in [2.75, 3.05) is 12.9 Å². The fourth-order valence-electron chi connectivity index (χ4n) is 2.66. The second-order valence-corrected chi connectivity index (χ2v) is 6.35. The van der Waals surface area contributed by atoms with Gasteiger partial charge in [0.25, 0.3) is 5.91 Å². The summed E-state index contributed by atoms with van der Waals surface area (Å²) in [4.78, 5) is 12.4. The molecule has 0 heterocycles. The van der Waals surface area contributed by atoms with Gasteiger partial charge in [0, 0.05) is 22.4 Å². The van der Waals surface area contributed by atoms with Crippen molar-refractivity contribution in [3.05, 3.63) is 34.9 Å². The number of hydrogen-bond acceptors (Lipinski definition) is 3. The van der Waals surface area contributed by atoms with Gasteiger partial charge in [0.2, 0.25) is 0 Å². The molecule has 0 saturated heterocycles. The largest absolute Gasteiger partial charge is 0.384 e. The number of rotatable bonds is 3. The minimum Gasteiger partial charge on any atom is -0.384 e. The lowest BCUT2D eigenvalue weighted by Gasteiger charge is -2.19. The van der Waals surface area contributed by atoms with Gasteiger partial charge in [0.1, 0.15) is 6.61 Å². The first kappa shape index (κ1) is 15.9. The van der Waals surface area contributed by atoms with Crippen molar-refractivity contribution in [3.8, 4) is 11.8 Å². The van der Waals surface area contributed by atoms with Crippen LogP contribution in [0.15, 0.2) is 18.2 Å². The van der Waals surface area contributed by atoms with Gasteiger partial charge in [-0.3, -0.25) is 4.79 Å². The van der Waals surface area contributed by atoms with Crippen LogP contribution in [-0.2, 0) is 0 Å². The van der Waals surface area contributed by atoms with Crippen molar-refractivity contribution in [3.63, 3.8) is 0 Å². The van der Waals surface area contributed by atoms with E-state index in [1.807, 2.05) is 30.8 Å².